The van der Waals surface area contributed by atoms with Gasteiger partial charge in [0.15, 0.2) is 0 Å². The summed E-state index contributed by atoms with van der Waals surface area (Å²) in [5, 5.41) is 2.72. The van der Waals surface area contributed by atoms with E-state index in [1.54, 1.807) is 12.3 Å². The summed E-state index contributed by atoms with van der Waals surface area (Å²) in [5.41, 5.74) is 5.90. The monoisotopic (exact) mass is 250 g/mol. The third-order valence-corrected chi connectivity index (χ3v) is 2.64. The first kappa shape index (κ1) is 14.4. The number of rotatable bonds is 7. The van der Waals surface area contributed by atoms with Crippen LogP contribution >= 0.6 is 0 Å². The van der Waals surface area contributed by atoms with Crippen molar-refractivity contribution in [3.05, 3.63) is 23.9 Å². The lowest BCUT2D eigenvalue weighted by atomic mass is 10.2. The van der Waals surface area contributed by atoms with Gasteiger partial charge in [-0.15, -0.1) is 0 Å². The summed E-state index contributed by atoms with van der Waals surface area (Å²) in [6, 6.07) is 3.68. The normalized spacial score (nSPS) is 10.2. The molecule has 0 saturated heterocycles. The van der Waals surface area contributed by atoms with Gasteiger partial charge in [-0.25, -0.2) is 4.98 Å². The van der Waals surface area contributed by atoms with Gasteiger partial charge >= 0.3 is 0 Å². The molecule has 0 saturated carbocycles. The number of nitrogens with zero attached hydrogens (tertiary/aromatic N) is 2. The van der Waals surface area contributed by atoms with Crippen molar-refractivity contribution in [1.82, 2.24) is 10.3 Å². The van der Waals surface area contributed by atoms with Crippen LogP contribution < -0.4 is 16.0 Å². The van der Waals surface area contributed by atoms with Crippen LogP contribution in [0, 0.1) is 0 Å². The van der Waals surface area contributed by atoms with Crippen LogP contribution in [0.25, 0.3) is 0 Å². The van der Waals surface area contributed by atoms with Gasteiger partial charge in [-0.1, -0.05) is 6.92 Å². The summed E-state index contributed by atoms with van der Waals surface area (Å²) >= 11 is 0. The number of aromatic nitrogens is 1. The molecule has 0 aliphatic heterocycles. The number of carbonyl (C=O) groups excluding carboxylic acids is 1. The number of nitrogens with two attached hydrogens (primary N) is 1. The van der Waals surface area contributed by atoms with Crippen molar-refractivity contribution in [3.8, 4) is 0 Å². The highest BCUT2D eigenvalue weighted by molar-refractivity contribution is 5.94. The van der Waals surface area contributed by atoms with Crippen LogP contribution in [0.4, 0.5) is 5.82 Å². The van der Waals surface area contributed by atoms with Crippen LogP contribution in [-0.4, -0.2) is 37.1 Å². The van der Waals surface area contributed by atoms with Crippen LogP contribution in [0.3, 0.4) is 0 Å². The molecular formula is C13H22N4O. The molecular weight excluding hydrogens is 228 g/mol. The Morgan fingerprint density at radius 2 is 2.22 bits per heavy atom. The van der Waals surface area contributed by atoms with E-state index >= 15 is 0 Å². The molecule has 100 valence electrons. The predicted octanol–water partition coefficient (Wildman–Crippen LogP) is 1.01. The molecule has 18 heavy (non-hydrogen) atoms. The van der Waals surface area contributed by atoms with Crippen molar-refractivity contribution in [2.45, 2.75) is 20.3 Å². The molecule has 0 spiro atoms. The topological polar surface area (TPSA) is 71.2 Å². The lowest BCUT2D eigenvalue weighted by Gasteiger charge is -2.21. The van der Waals surface area contributed by atoms with E-state index in [0.717, 1.165) is 25.3 Å². The molecule has 0 aromatic carbocycles. The average molecular weight is 250 g/mol. The zero-order valence-corrected chi connectivity index (χ0v) is 11.1. The van der Waals surface area contributed by atoms with Crippen molar-refractivity contribution in [2.24, 2.45) is 5.73 Å². The molecule has 1 rings (SSSR count). The fourth-order valence-corrected chi connectivity index (χ4v) is 1.70. The molecule has 1 heterocycles. The zero-order chi connectivity index (χ0) is 13.4. The smallest absolute Gasteiger partial charge is 0.252 e. The quantitative estimate of drug-likeness (QED) is 0.757. The Morgan fingerprint density at radius 1 is 1.44 bits per heavy atom. The van der Waals surface area contributed by atoms with Crippen LogP contribution in [0.15, 0.2) is 18.3 Å². The van der Waals surface area contributed by atoms with E-state index in [4.69, 9.17) is 5.73 Å². The zero-order valence-electron chi connectivity index (χ0n) is 11.1. The second kappa shape index (κ2) is 7.66. The second-order valence-electron chi connectivity index (χ2n) is 4.03. The molecule has 1 aromatic rings. The van der Waals surface area contributed by atoms with Crippen molar-refractivity contribution < 1.29 is 4.79 Å². The van der Waals surface area contributed by atoms with E-state index in [0.29, 0.717) is 18.7 Å². The minimum absolute atomic E-state index is 0.127. The number of amides is 1. The number of anilines is 1. The first-order valence-electron chi connectivity index (χ1n) is 6.42. The van der Waals surface area contributed by atoms with Crippen molar-refractivity contribution in [2.75, 3.05) is 31.1 Å². The number of pyridine rings is 1. The predicted molar refractivity (Wildman–Crippen MR) is 73.8 cm³/mol. The maximum Gasteiger partial charge on any atom is 0.252 e. The third-order valence-electron chi connectivity index (χ3n) is 2.64. The lowest BCUT2D eigenvalue weighted by molar-refractivity contribution is 0.0954. The molecule has 0 aliphatic carbocycles. The van der Waals surface area contributed by atoms with Gasteiger partial charge in [0.1, 0.15) is 5.82 Å². The Labute approximate surface area is 108 Å². The summed E-state index contributed by atoms with van der Waals surface area (Å²) in [6.07, 6.45) is 2.69. The van der Waals surface area contributed by atoms with Crippen LogP contribution in [0.5, 0.6) is 0 Å². The highest BCUT2D eigenvalue weighted by Crippen LogP contribution is 2.11. The van der Waals surface area contributed by atoms with Gasteiger partial charge in [0, 0.05) is 32.4 Å². The second-order valence-corrected chi connectivity index (χ2v) is 4.03. The molecule has 0 unspecified atom stereocenters. The Bertz CT molecular complexity index is 364. The molecule has 1 aromatic heterocycles. The summed E-state index contributed by atoms with van der Waals surface area (Å²) < 4.78 is 0. The van der Waals surface area contributed by atoms with Gasteiger partial charge in [-0.3, -0.25) is 4.79 Å². The summed E-state index contributed by atoms with van der Waals surface area (Å²) in [5.74, 6) is 0.785. The lowest BCUT2D eigenvalue weighted by Crippen LogP contribution is -2.29. The van der Waals surface area contributed by atoms with Crippen molar-refractivity contribution >= 4 is 11.7 Å². The van der Waals surface area contributed by atoms with Gasteiger partial charge in [-0.2, -0.15) is 0 Å². The van der Waals surface area contributed by atoms with Gasteiger partial charge in [-0.05, 0) is 25.5 Å². The average Bonchev–Trinajstić information content (AvgIpc) is 2.42. The van der Waals surface area contributed by atoms with Crippen molar-refractivity contribution in [3.63, 3.8) is 0 Å². The summed E-state index contributed by atoms with van der Waals surface area (Å²) in [4.78, 5) is 18.2. The number of hydrogen-bond donors (Lipinski definition) is 2. The van der Waals surface area contributed by atoms with E-state index in [1.807, 2.05) is 6.07 Å². The number of nitrogens with one attached hydrogen (secondary N) is 1. The summed E-state index contributed by atoms with van der Waals surface area (Å²) in [7, 11) is 0. The Hall–Kier alpha value is -1.62. The third kappa shape index (κ3) is 4.00. The minimum atomic E-state index is -0.127. The Kier molecular flexibility index (Phi) is 6.14. The van der Waals surface area contributed by atoms with Gasteiger partial charge in [0.2, 0.25) is 0 Å². The molecule has 3 N–H and O–H groups in total. The first-order valence-corrected chi connectivity index (χ1v) is 6.42. The van der Waals surface area contributed by atoms with Gasteiger partial charge in [0.05, 0.1) is 5.56 Å². The summed E-state index contributed by atoms with van der Waals surface area (Å²) in [6.45, 7) is 7.05. The highest BCUT2D eigenvalue weighted by Gasteiger charge is 2.08. The maximum absolute atomic E-state index is 11.7. The number of carbonyl (C=O) groups is 1. The van der Waals surface area contributed by atoms with Crippen molar-refractivity contribution in [1.29, 1.82) is 0 Å². The van der Waals surface area contributed by atoms with E-state index in [1.165, 1.54) is 0 Å². The molecule has 0 atom stereocenters. The fourth-order valence-electron chi connectivity index (χ4n) is 1.70. The first-order chi connectivity index (χ1) is 8.72. The molecule has 0 fully saturated rings. The standard InChI is InChI=1S/C13H22N4O/c1-3-9-17(4-2)12-6-5-11(10-16-12)13(18)15-8-7-14/h5-6,10H,3-4,7-9,14H2,1-2H3,(H,15,18). The van der Waals surface area contributed by atoms with Crippen LogP contribution in [0.1, 0.15) is 30.6 Å². The Morgan fingerprint density at radius 3 is 2.72 bits per heavy atom. The molecule has 0 aliphatic rings. The van der Waals surface area contributed by atoms with Gasteiger partial charge < -0.3 is 16.0 Å². The largest absolute Gasteiger partial charge is 0.357 e. The molecule has 5 heteroatoms. The molecule has 1 amide bonds. The van der Waals surface area contributed by atoms with E-state index in [9.17, 15) is 4.79 Å². The Balaban J connectivity index is 2.69. The van der Waals surface area contributed by atoms with Crippen LogP contribution in [0.2, 0.25) is 0 Å². The van der Waals surface area contributed by atoms with E-state index < -0.39 is 0 Å². The SMILES string of the molecule is CCCN(CC)c1ccc(C(=O)NCCN)cn1. The molecule has 0 bridgehead atoms. The fraction of sp³-hybridized carbons (Fsp3) is 0.538. The highest BCUT2D eigenvalue weighted by atomic mass is 16.1. The minimum Gasteiger partial charge on any atom is -0.357 e. The van der Waals surface area contributed by atoms with E-state index in [2.05, 4.69) is 29.0 Å². The van der Waals surface area contributed by atoms with Crippen LogP contribution in [-0.2, 0) is 0 Å². The molecule has 5 nitrogen and oxygen atoms in total. The number of hydrogen-bond acceptors (Lipinski definition) is 4. The molecule has 0 radical (unpaired) electrons. The van der Waals surface area contributed by atoms with E-state index in [-0.39, 0.29) is 5.91 Å². The maximum atomic E-state index is 11.7. The van der Waals surface area contributed by atoms with Gasteiger partial charge in [0.25, 0.3) is 5.91 Å².